The predicted molar refractivity (Wildman–Crippen MR) is 75.8 cm³/mol. The van der Waals surface area contributed by atoms with Crippen LogP contribution in [0.15, 0.2) is 24.3 Å². The number of amides is 3. The highest BCUT2D eigenvalue weighted by Gasteiger charge is 2.34. The summed E-state index contributed by atoms with van der Waals surface area (Å²) < 4.78 is 4.79. The van der Waals surface area contributed by atoms with Crippen molar-refractivity contribution in [1.82, 2.24) is 4.90 Å². The normalized spacial score (nSPS) is 14.7. The van der Waals surface area contributed by atoms with Crippen molar-refractivity contribution in [3.63, 3.8) is 0 Å². The molecule has 7 heteroatoms. The first-order valence-corrected chi connectivity index (χ1v) is 6.86. The number of ether oxygens (including phenoxy) is 1. The van der Waals surface area contributed by atoms with Crippen LogP contribution in [0.1, 0.15) is 40.5 Å². The van der Waals surface area contributed by atoms with Crippen molar-refractivity contribution >= 4 is 23.7 Å². The third-order valence-electron chi connectivity index (χ3n) is 3.35. The van der Waals surface area contributed by atoms with Gasteiger partial charge in [0.25, 0.3) is 17.7 Å². The highest BCUT2D eigenvalue weighted by atomic mass is 16.5. The van der Waals surface area contributed by atoms with E-state index < -0.39 is 18.0 Å². The minimum absolute atomic E-state index is 0.00890. The van der Waals surface area contributed by atoms with Gasteiger partial charge in [0.2, 0.25) is 0 Å². The van der Waals surface area contributed by atoms with Crippen LogP contribution in [-0.2, 0) is 14.3 Å². The zero-order valence-corrected chi connectivity index (χ0v) is 12.1. The fourth-order valence-electron chi connectivity index (χ4n) is 2.14. The average Bonchev–Trinajstić information content (AvgIpc) is 2.72. The van der Waals surface area contributed by atoms with Crippen LogP contribution < -0.4 is 5.73 Å². The molecule has 3 amide bonds. The largest absolute Gasteiger partial charge is 0.453 e. The summed E-state index contributed by atoms with van der Waals surface area (Å²) in [7, 11) is 0. The number of fused-ring (bicyclic) bond motifs is 1. The van der Waals surface area contributed by atoms with E-state index in [0.717, 1.165) is 4.90 Å². The predicted octanol–water partition coefficient (Wildman–Crippen LogP) is 0.480. The fraction of sp³-hybridized carbons (Fsp3) is 0.333. The van der Waals surface area contributed by atoms with Gasteiger partial charge in [-0.05, 0) is 25.5 Å². The molecular formula is C15H16N2O5. The van der Waals surface area contributed by atoms with E-state index in [4.69, 9.17) is 10.5 Å². The average molecular weight is 304 g/mol. The molecule has 0 aliphatic carbocycles. The van der Waals surface area contributed by atoms with Gasteiger partial charge in [-0.25, -0.2) is 0 Å². The summed E-state index contributed by atoms with van der Waals surface area (Å²) in [6.45, 7) is 1.50. The molecule has 1 aromatic carbocycles. The molecule has 1 heterocycles. The Balaban J connectivity index is 1.86. The van der Waals surface area contributed by atoms with E-state index >= 15 is 0 Å². The molecule has 0 saturated carbocycles. The molecule has 0 spiro atoms. The zero-order valence-electron chi connectivity index (χ0n) is 12.1. The van der Waals surface area contributed by atoms with Crippen LogP contribution in [0.5, 0.6) is 0 Å². The van der Waals surface area contributed by atoms with Crippen LogP contribution in [0.3, 0.4) is 0 Å². The molecule has 2 rings (SSSR count). The van der Waals surface area contributed by atoms with Gasteiger partial charge in [-0.2, -0.15) is 0 Å². The molecule has 0 aromatic heterocycles. The summed E-state index contributed by atoms with van der Waals surface area (Å²) >= 11 is 0. The van der Waals surface area contributed by atoms with Crippen LogP contribution >= 0.6 is 0 Å². The summed E-state index contributed by atoms with van der Waals surface area (Å²) in [6, 6.07) is 6.57. The lowest BCUT2D eigenvalue weighted by Crippen LogP contribution is -2.32. The minimum atomic E-state index is -0.994. The van der Waals surface area contributed by atoms with Crippen molar-refractivity contribution in [1.29, 1.82) is 0 Å². The Bertz CT molecular complexity index is 606. The number of nitrogens with zero attached hydrogens (tertiary/aromatic N) is 1. The topological polar surface area (TPSA) is 107 Å². The molecule has 0 fully saturated rings. The molecular weight excluding hydrogens is 288 g/mol. The number of rotatable bonds is 6. The summed E-state index contributed by atoms with van der Waals surface area (Å²) in [4.78, 5) is 47.5. The number of hydrogen-bond acceptors (Lipinski definition) is 5. The van der Waals surface area contributed by atoms with Gasteiger partial charge in [0.05, 0.1) is 11.1 Å². The maximum absolute atomic E-state index is 12.1. The first-order valence-electron chi connectivity index (χ1n) is 6.86. The van der Waals surface area contributed by atoms with Crippen LogP contribution in [-0.4, -0.2) is 41.2 Å². The number of benzene rings is 1. The Hall–Kier alpha value is -2.70. The lowest BCUT2D eigenvalue weighted by molar-refractivity contribution is -0.153. The van der Waals surface area contributed by atoms with Gasteiger partial charge in [-0.3, -0.25) is 24.1 Å². The van der Waals surface area contributed by atoms with Crippen molar-refractivity contribution in [3.8, 4) is 0 Å². The maximum atomic E-state index is 12.1. The minimum Gasteiger partial charge on any atom is -0.453 e. The van der Waals surface area contributed by atoms with Gasteiger partial charge in [-0.15, -0.1) is 0 Å². The molecule has 1 aliphatic heterocycles. The van der Waals surface area contributed by atoms with E-state index in [0.29, 0.717) is 11.1 Å². The van der Waals surface area contributed by atoms with Crippen molar-refractivity contribution in [2.75, 3.05) is 6.54 Å². The summed E-state index contributed by atoms with van der Waals surface area (Å²) in [5.74, 6) is -2.05. The van der Waals surface area contributed by atoms with Crippen molar-refractivity contribution in [2.45, 2.75) is 25.9 Å². The van der Waals surface area contributed by atoms with Crippen LogP contribution in [0.2, 0.25) is 0 Å². The lowest BCUT2D eigenvalue weighted by Gasteiger charge is -2.14. The van der Waals surface area contributed by atoms with Crippen LogP contribution in [0.4, 0.5) is 0 Å². The number of primary amides is 1. The van der Waals surface area contributed by atoms with E-state index in [1.165, 1.54) is 6.92 Å². The molecule has 1 atom stereocenters. The Morgan fingerprint density at radius 1 is 1.18 bits per heavy atom. The van der Waals surface area contributed by atoms with Crippen LogP contribution in [0.25, 0.3) is 0 Å². The lowest BCUT2D eigenvalue weighted by atomic mass is 10.1. The molecule has 0 saturated heterocycles. The number of carbonyl (C=O) groups is 4. The van der Waals surface area contributed by atoms with Gasteiger partial charge in [0, 0.05) is 13.0 Å². The Kier molecular flexibility index (Phi) is 4.55. The van der Waals surface area contributed by atoms with Gasteiger partial charge < -0.3 is 10.5 Å². The second-order valence-electron chi connectivity index (χ2n) is 4.95. The Morgan fingerprint density at radius 3 is 2.23 bits per heavy atom. The van der Waals surface area contributed by atoms with Gasteiger partial charge in [0.15, 0.2) is 6.10 Å². The molecule has 1 unspecified atom stereocenters. The zero-order chi connectivity index (χ0) is 16.3. The standard InChI is InChI=1S/C15H16N2O5/c1-9(13(16)19)22-12(18)7-4-8-17-14(20)10-5-2-3-6-11(10)15(17)21/h2-3,5-6,9H,4,7-8H2,1H3,(H2,16,19). The van der Waals surface area contributed by atoms with Crippen molar-refractivity contribution in [3.05, 3.63) is 35.4 Å². The van der Waals surface area contributed by atoms with E-state index in [2.05, 4.69) is 0 Å². The maximum Gasteiger partial charge on any atom is 0.306 e. The number of esters is 1. The van der Waals surface area contributed by atoms with E-state index in [9.17, 15) is 19.2 Å². The van der Waals surface area contributed by atoms with Crippen molar-refractivity contribution in [2.24, 2.45) is 5.73 Å². The van der Waals surface area contributed by atoms with Gasteiger partial charge in [-0.1, -0.05) is 12.1 Å². The number of nitrogens with two attached hydrogens (primary N) is 1. The quantitative estimate of drug-likeness (QED) is 0.607. The van der Waals surface area contributed by atoms with E-state index in [1.807, 2.05) is 0 Å². The first-order chi connectivity index (χ1) is 10.4. The second-order valence-corrected chi connectivity index (χ2v) is 4.95. The number of hydrogen-bond donors (Lipinski definition) is 1. The monoisotopic (exact) mass is 304 g/mol. The fourth-order valence-corrected chi connectivity index (χ4v) is 2.14. The van der Waals surface area contributed by atoms with Crippen LogP contribution in [0, 0.1) is 0 Å². The van der Waals surface area contributed by atoms with E-state index in [1.54, 1.807) is 24.3 Å². The molecule has 7 nitrogen and oxygen atoms in total. The Labute approximate surface area is 127 Å². The Morgan fingerprint density at radius 2 is 1.73 bits per heavy atom. The number of imide groups is 1. The second kappa shape index (κ2) is 6.38. The highest BCUT2D eigenvalue weighted by Crippen LogP contribution is 2.22. The van der Waals surface area contributed by atoms with Gasteiger partial charge >= 0.3 is 5.97 Å². The molecule has 22 heavy (non-hydrogen) atoms. The van der Waals surface area contributed by atoms with Crippen molar-refractivity contribution < 1.29 is 23.9 Å². The molecule has 0 bridgehead atoms. The summed E-state index contributed by atoms with van der Waals surface area (Å²) in [5.41, 5.74) is 5.73. The first kappa shape index (κ1) is 15.7. The SMILES string of the molecule is CC(OC(=O)CCCN1C(=O)c2ccccc2C1=O)C(N)=O. The number of carbonyl (C=O) groups excluding carboxylic acids is 4. The summed E-state index contributed by atoms with van der Waals surface area (Å²) in [5, 5.41) is 0. The molecule has 0 radical (unpaired) electrons. The molecule has 1 aromatic rings. The molecule has 2 N–H and O–H groups in total. The third-order valence-corrected chi connectivity index (χ3v) is 3.35. The summed E-state index contributed by atoms with van der Waals surface area (Å²) in [6.07, 6.45) is -0.743. The molecule has 116 valence electrons. The van der Waals surface area contributed by atoms with E-state index in [-0.39, 0.29) is 31.2 Å². The smallest absolute Gasteiger partial charge is 0.306 e. The highest BCUT2D eigenvalue weighted by molar-refractivity contribution is 6.21. The third kappa shape index (κ3) is 3.13. The molecule has 1 aliphatic rings. The van der Waals surface area contributed by atoms with Gasteiger partial charge in [0.1, 0.15) is 0 Å².